The normalized spacial score (nSPS) is 12.9. The van der Waals surface area contributed by atoms with E-state index in [-0.39, 0.29) is 5.04 Å². The highest BCUT2D eigenvalue weighted by atomic mass is 28.4. The Hall–Kier alpha value is -2.38. The van der Waals surface area contributed by atoms with Gasteiger partial charge in [-0.3, -0.25) is 0 Å². The topological polar surface area (TPSA) is 29.5 Å². The fraction of sp³-hybridized carbons (Fsp3) is 0.357. The average Bonchev–Trinajstić information content (AvgIpc) is 2.76. The molecule has 2 aromatic carbocycles. The summed E-state index contributed by atoms with van der Waals surface area (Å²) < 4.78 is 6.86. The minimum Gasteiger partial charge on any atom is -0.407 e. The van der Waals surface area contributed by atoms with E-state index in [4.69, 9.17) is 4.43 Å². The molecular weight excluding hydrogens is 396 g/mol. The molecule has 2 rings (SSSR count). The van der Waals surface area contributed by atoms with E-state index < -0.39 is 14.4 Å². The molecule has 1 atom stereocenters. The lowest BCUT2D eigenvalue weighted by Crippen LogP contribution is -2.66. The van der Waals surface area contributed by atoms with Gasteiger partial charge in [-0.15, -0.1) is 5.92 Å². The molecule has 0 spiro atoms. The molecule has 0 aliphatic rings. The number of benzene rings is 2. The zero-order chi connectivity index (χ0) is 22.6. The summed E-state index contributed by atoms with van der Waals surface area (Å²) in [5.41, 5.74) is 0. The molecule has 164 valence electrons. The third kappa shape index (κ3) is 7.07. The highest BCUT2D eigenvalue weighted by molar-refractivity contribution is 6.99. The van der Waals surface area contributed by atoms with Gasteiger partial charge in [0.2, 0.25) is 0 Å². The Labute approximate surface area is 189 Å². The molecule has 0 saturated heterocycles. The van der Waals surface area contributed by atoms with Gasteiger partial charge in [0, 0.05) is 13.0 Å². The van der Waals surface area contributed by atoms with Gasteiger partial charge in [-0.05, 0) is 34.7 Å². The van der Waals surface area contributed by atoms with Gasteiger partial charge >= 0.3 is 0 Å². The molecule has 2 aromatic rings. The molecule has 3 heteroatoms. The van der Waals surface area contributed by atoms with E-state index in [0.29, 0.717) is 13.0 Å². The van der Waals surface area contributed by atoms with Crippen LogP contribution in [0.1, 0.15) is 46.5 Å². The summed E-state index contributed by atoms with van der Waals surface area (Å²) in [6.07, 6.45) is 8.07. The van der Waals surface area contributed by atoms with Gasteiger partial charge < -0.3 is 9.53 Å². The van der Waals surface area contributed by atoms with Crippen LogP contribution in [0.2, 0.25) is 5.04 Å². The fourth-order valence-electron chi connectivity index (χ4n) is 3.86. The molecule has 0 saturated carbocycles. The van der Waals surface area contributed by atoms with Crippen LogP contribution in [0.4, 0.5) is 0 Å². The van der Waals surface area contributed by atoms with Crippen molar-refractivity contribution in [2.45, 2.75) is 57.6 Å². The van der Waals surface area contributed by atoms with Crippen LogP contribution in [-0.4, -0.2) is 26.1 Å². The predicted molar refractivity (Wildman–Crippen MR) is 135 cm³/mol. The molecule has 31 heavy (non-hydrogen) atoms. The van der Waals surface area contributed by atoms with Crippen LogP contribution >= 0.6 is 0 Å². The Morgan fingerprint density at radius 2 is 1.61 bits per heavy atom. The SMILES string of the molecule is C=C/C=C/CCC(O)C#CCCCO[Si](c1ccccc1)(c1ccccc1)C(C)(C)C. The van der Waals surface area contributed by atoms with Gasteiger partial charge in [0.05, 0.1) is 0 Å². The van der Waals surface area contributed by atoms with Crippen LogP contribution in [0.5, 0.6) is 0 Å². The lowest BCUT2D eigenvalue weighted by atomic mass is 10.2. The molecule has 0 fully saturated rings. The number of hydrogen-bond acceptors (Lipinski definition) is 2. The molecule has 2 nitrogen and oxygen atoms in total. The molecule has 0 heterocycles. The molecule has 1 N–H and O–H groups in total. The summed E-state index contributed by atoms with van der Waals surface area (Å²) >= 11 is 0. The Morgan fingerprint density at radius 1 is 1.03 bits per heavy atom. The zero-order valence-corrected chi connectivity index (χ0v) is 20.2. The van der Waals surface area contributed by atoms with Crippen LogP contribution in [0, 0.1) is 11.8 Å². The standard InChI is InChI=1S/C28H36O2Si/c1-5-6-7-11-18-25(29)19-12-10-17-24-30-31(28(2,3)4,26-20-13-8-14-21-26)27-22-15-9-16-23-27/h5-9,13-16,20-23,25,29H,1,10-11,17-18,24H2,2-4H3/b7-6+. The number of rotatable bonds is 10. The van der Waals surface area contributed by atoms with E-state index in [1.807, 2.05) is 12.2 Å². The van der Waals surface area contributed by atoms with Crippen LogP contribution in [0.25, 0.3) is 0 Å². The summed E-state index contributed by atoms with van der Waals surface area (Å²) in [4.78, 5) is 0. The Bertz CT molecular complexity index is 830. The van der Waals surface area contributed by atoms with Gasteiger partial charge in [0.15, 0.2) is 0 Å². The molecule has 0 bridgehead atoms. The first kappa shape index (κ1) is 24.9. The number of aliphatic hydroxyl groups is 1. The number of hydrogen-bond donors (Lipinski definition) is 1. The second-order valence-corrected chi connectivity index (χ2v) is 13.0. The first-order chi connectivity index (χ1) is 14.9. The van der Waals surface area contributed by atoms with Crippen LogP contribution in [-0.2, 0) is 4.43 Å². The van der Waals surface area contributed by atoms with E-state index in [9.17, 15) is 5.11 Å². The molecule has 1 unspecified atom stereocenters. The molecule has 0 amide bonds. The van der Waals surface area contributed by atoms with E-state index in [1.54, 1.807) is 6.08 Å². The van der Waals surface area contributed by atoms with Gasteiger partial charge in [0.1, 0.15) is 6.10 Å². The van der Waals surface area contributed by atoms with Crippen molar-refractivity contribution in [3.63, 3.8) is 0 Å². The first-order valence-electron chi connectivity index (χ1n) is 11.1. The zero-order valence-electron chi connectivity index (χ0n) is 19.2. The summed E-state index contributed by atoms with van der Waals surface area (Å²) in [6.45, 7) is 11.2. The molecular formula is C28H36O2Si. The smallest absolute Gasteiger partial charge is 0.261 e. The van der Waals surface area contributed by atoms with E-state index >= 15 is 0 Å². The monoisotopic (exact) mass is 432 g/mol. The highest BCUT2D eigenvalue weighted by Gasteiger charge is 2.49. The molecule has 0 aliphatic carbocycles. The summed E-state index contributed by atoms with van der Waals surface area (Å²) in [6, 6.07) is 21.4. The van der Waals surface area contributed by atoms with Gasteiger partial charge in [-0.25, -0.2) is 0 Å². The van der Waals surface area contributed by atoms with Gasteiger partial charge in [-0.1, -0.05) is 112 Å². The van der Waals surface area contributed by atoms with Crippen molar-refractivity contribution in [1.29, 1.82) is 0 Å². The Balaban J connectivity index is 2.08. The van der Waals surface area contributed by atoms with E-state index in [1.165, 1.54) is 10.4 Å². The summed E-state index contributed by atoms with van der Waals surface area (Å²) in [5, 5.41) is 12.6. The van der Waals surface area contributed by atoms with Crippen molar-refractivity contribution in [2.24, 2.45) is 0 Å². The van der Waals surface area contributed by atoms with Crippen molar-refractivity contribution in [1.82, 2.24) is 0 Å². The quantitative estimate of drug-likeness (QED) is 0.241. The second-order valence-electron chi connectivity index (χ2n) is 8.69. The lowest BCUT2D eigenvalue weighted by molar-refractivity contribution is 0.223. The Kier molecular flexibility index (Phi) is 10.0. The third-order valence-corrected chi connectivity index (χ3v) is 10.4. The lowest BCUT2D eigenvalue weighted by Gasteiger charge is -2.43. The van der Waals surface area contributed by atoms with Crippen LogP contribution < -0.4 is 10.4 Å². The fourth-order valence-corrected chi connectivity index (χ4v) is 8.46. The van der Waals surface area contributed by atoms with Gasteiger partial charge in [0.25, 0.3) is 8.32 Å². The van der Waals surface area contributed by atoms with E-state index in [2.05, 4.69) is 99.9 Å². The van der Waals surface area contributed by atoms with Crippen LogP contribution in [0.15, 0.2) is 85.5 Å². The van der Waals surface area contributed by atoms with Crippen molar-refractivity contribution in [3.05, 3.63) is 85.5 Å². The predicted octanol–water partition coefficient (Wildman–Crippen LogP) is 5.23. The maximum atomic E-state index is 9.98. The van der Waals surface area contributed by atoms with Crippen molar-refractivity contribution < 1.29 is 9.53 Å². The van der Waals surface area contributed by atoms with Crippen molar-refractivity contribution in [3.8, 4) is 11.8 Å². The molecule has 0 radical (unpaired) electrons. The number of allylic oxidation sites excluding steroid dienone is 3. The average molecular weight is 433 g/mol. The van der Waals surface area contributed by atoms with E-state index in [0.717, 1.165) is 19.3 Å². The highest BCUT2D eigenvalue weighted by Crippen LogP contribution is 2.36. The summed E-state index contributed by atoms with van der Waals surface area (Å²) in [5.74, 6) is 6.07. The molecule has 0 aromatic heterocycles. The van der Waals surface area contributed by atoms with Crippen LogP contribution in [0.3, 0.4) is 0 Å². The second kappa shape index (κ2) is 12.5. The minimum atomic E-state index is -2.47. The number of aliphatic hydroxyl groups excluding tert-OH is 1. The maximum absolute atomic E-state index is 9.98. The van der Waals surface area contributed by atoms with Crippen molar-refractivity contribution >= 4 is 18.7 Å². The third-order valence-electron chi connectivity index (χ3n) is 5.33. The molecule has 0 aliphatic heterocycles. The minimum absolute atomic E-state index is 0.0173. The van der Waals surface area contributed by atoms with Crippen molar-refractivity contribution in [2.75, 3.05) is 6.61 Å². The Morgan fingerprint density at radius 3 is 2.13 bits per heavy atom. The first-order valence-corrected chi connectivity index (χ1v) is 13.0. The number of unbranched alkanes of at least 4 members (excludes halogenated alkanes) is 1. The maximum Gasteiger partial charge on any atom is 0.261 e. The largest absolute Gasteiger partial charge is 0.407 e. The van der Waals surface area contributed by atoms with Gasteiger partial charge in [-0.2, -0.15) is 0 Å². The summed E-state index contributed by atoms with van der Waals surface area (Å²) in [7, 11) is -2.47.